The van der Waals surface area contributed by atoms with Crippen molar-refractivity contribution in [3.05, 3.63) is 35.9 Å². The van der Waals surface area contributed by atoms with Gasteiger partial charge in [-0.25, -0.2) is 0 Å². The lowest BCUT2D eigenvalue weighted by Gasteiger charge is -2.13. The third-order valence-electron chi connectivity index (χ3n) is 2.51. The first-order chi connectivity index (χ1) is 6.88. The smallest absolute Gasteiger partial charge is 0.0723 e. The molecule has 1 aliphatic rings. The van der Waals surface area contributed by atoms with Crippen LogP contribution in [0.25, 0.3) is 0 Å². The molecule has 0 bridgehead atoms. The highest BCUT2D eigenvalue weighted by Gasteiger charge is 2.17. The standard InChI is InChI=1S/C11H14N2O.ClH/c14-12-11-6-7-13(9-11)8-10-4-2-1-3-5-10;/h1-5,14H,6-9H2;1H/b12-11+;. The van der Waals surface area contributed by atoms with Crippen LogP contribution in [0.1, 0.15) is 12.0 Å². The molecule has 15 heavy (non-hydrogen) atoms. The van der Waals surface area contributed by atoms with Gasteiger partial charge in [0.15, 0.2) is 0 Å². The number of hydrogen-bond donors (Lipinski definition) is 1. The lowest BCUT2D eigenvalue weighted by atomic mass is 10.2. The van der Waals surface area contributed by atoms with E-state index in [0.29, 0.717) is 0 Å². The van der Waals surface area contributed by atoms with Crippen LogP contribution in [0.2, 0.25) is 0 Å². The Balaban J connectivity index is 0.00000112. The number of halogens is 1. The number of rotatable bonds is 2. The molecule has 0 radical (unpaired) electrons. The van der Waals surface area contributed by atoms with Gasteiger partial charge in [-0.15, -0.1) is 12.4 Å². The predicted molar refractivity (Wildman–Crippen MR) is 62.8 cm³/mol. The maximum Gasteiger partial charge on any atom is 0.0723 e. The molecule has 4 heteroatoms. The van der Waals surface area contributed by atoms with Gasteiger partial charge in [-0.1, -0.05) is 35.5 Å². The minimum absolute atomic E-state index is 0. The highest BCUT2D eigenvalue weighted by molar-refractivity contribution is 5.87. The van der Waals surface area contributed by atoms with E-state index in [1.165, 1.54) is 5.56 Å². The quantitative estimate of drug-likeness (QED) is 0.620. The molecule has 0 aliphatic carbocycles. The molecule has 1 heterocycles. The molecule has 2 rings (SSSR count). The zero-order chi connectivity index (χ0) is 9.80. The Morgan fingerprint density at radius 3 is 2.60 bits per heavy atom. The normalized spacial score (nSPS) is 19.1. The molecule has 0 saturated carbocycles. The van der Waals surface area contributed by atoms with Crippen LogP contribution in [0.4, 0.5) is 0 Å². The van der Waals surface area contributed by atoms with E-state index in [4.69, 9.17) is 5.21 Å². The van der Waals surface area contributed by atoms with Crippen LogP contribution in [0, 0.1) is 0 Å². The summed E-state index contributed by atoms with van der Waals surface area (Å²) in [6.07, 6.45) is 0.892. The molecule has 1 fully saturated rings. The zero-order valence-corrected chi connectivity index (χ0v) is 9.28. The third kappa shape index (κ3) is 3.22. The summed E-state index contributed by atoms with van der Waals surface area (Å²) in [5.74, 6) is 0. The van der Waals surface area contributed by atoms with Crippen LogP contribution in [0.15, 0.2) is 35.5 Å². The second-order valence-corrected chi connectivity index (χ2v) is 3.61. The summed E-state index contributed by atoms with van der Waals surface area (Å²) in [4.78, 5) is 2.28. The van der Waals surface area contributed by atoms with E-state index in [2.05, 4.69) is 22.2 Å². The molecule has 0 spiro atoms. The summed E-state index contributed by atoms with van der Waals surface area (Å²) < 4.78 is 0. The minimum Gasteiger partial charge on any atom is -0.411 e. The summed E-state index contributed by atoms with van der Waals surface area (Å²) in [7, 11) is 0. The van der Waals surface area contributed by atoms with E-state index in [0.717, 1.165) is 31.8 Å². The molecular formula is C11H15ClN2O. The van der Waals surface area contributed by atoms with Crippen molar-refractivity contribution < 1.29 is 5.21 Å². The van der Waals surface area contributed by atoms with Crippen LogP contribution in [-0.4, -0.2) is 28.9 Å². The third-order valence-corrected chi connectivity index (χ3v) is 2.51. The first-order valence-electron chi connectivity index (χ1n) is 4.84. The molecule has 3 nitrogen and oxygen atoms in total. The maximum absolute atomic E-state index is 8.61. The number of likely N-dealkylation sites (tertiary alicyclic amines) is 1. The van der Waals surface area contributed by atoms with Gasteiger partial charge in [-0.05, 0) is 5.56 Å². The average molecular weight is 227 g/mol. The Morgan fingerprint density at radius 1 is 1.27 bits per heavy atom. The largest absolute Gasteiger partial charge is 0.411 e. The van der Waals surface area contributed by atoms with Gasteiger partial charge in [0.1, 0.15) is 0 Å². The van der Waals surface area contributed by atoms with E-state index in [9.17, 15) is 0 Å². The molecule has 1 saturated heterocycles. The van der Waals surface area contributed by atoms with Gasteiger partial charge in [0.25, 0.3) is 0 Å². The average Bonchev–Trinajstić information content (AvgIpc) is 2.67. The van der Waals surface area contributed by atoms with Crippen molar-refractivity contribution in [3.63, 3.8) is 0 Å². The van der Waals surface area contributed by atoms with E-state index in [-0.39, 0.29) is 12.4 Å². The highest BCUT2D eigenvalue weighted by Crippen LogP contribution is 2.10. The van der Waals surface area contributed by atoms with E-state index >= 15 is 0 Å². The van der Waals surface area contributed by atoms with Crippen molar-refractivity contribution in [1.82, 2.24) is 4.90 Å². The molecular weight excluding hydrogens is 212 g/mol. The van der Waals surface area contributed by atoms with Gasteiger partial charge in [-0.3, -0.25) is 4.90 Å². The Labute approximate surface area is 95.8 Å². The van der Waals surface area contributed by atoms with Crippen molar-refractivity contribution in [3.8, 4) is 0 Å². The molecule has 0 aromatic heterocycles. The Kier molecular flexibility index (Phi) is 4.59. The topological polar surface area (TPSA) is 35.8 Å². The van der Waals surface area contributed by atoms with Crippen molar-refractivity contribution in [2.45, 2.75) is 13.0 Å². The van der Waals surface area contributed by atoms with Crippen molar-refractivity contribution in [1.29, 1.82) is 0 Å². The Bertz CT molecular complexity index is 327. The molecule has 0 amide bonds. The van der Waals surface area contributed by atoms with Gasteiger partial charge in [0.05, 0.1) is 5.71 Å². The fraction of sp³-hybridized carbons (Fsp3) is 0.364. The predicted octanol–water partition coefficient (Wildman–Crippen LogP) is 2.14. The molecule has 1 N–H and O–H groups in total. The molecule has 1 aromatic carbocycles. The zero-order valence-electron chi connectivity index (χ0n) is 8.47. The summed E-state index contributed by atoms with van der Waals surface area (Å²) in [5, 5.41) is 11.9. The summed E-state index contributed by atoms with van der Waals surface area (Å²) in [5.41, 5.74) is 2.20. The monoisotopic (exact) mass is 226 g/mol. The molecule has 82 valence electrons. The summed E-state index contributed by atoms with van der Waals surface area (Å²) in [6, 6.07) is 10.4. The van der Waals surface area contributed by atoms with Crippen LogP contribution < -0.4 is 0 Å². The molecule has 1 aromatic rings. The van der Waals surface area contributed by atoms with Gasteiger partial charge in [0, 0.05) is 26.1 Å². The first kappa shape index (κ1) is 12.0. The number of oxime groups is 1. The van der Waals surface area contributed by atoms with Gasteiger partial charge >= 0.3 is 0 Å². The maximum atomic E-state index is 8.61. The van der Waals surface area contributed by atoms with Gasteiger partial charge in [0.2, 0.25) is 0 Å². The minimum atomic E-state index is 0. The van der Waals surface area contributed by atoms with Crippen molar-refractivity contribution in [2.75, 3.05) is 13.1 Å². The summed E-state index contributed by atoms with van der Waals surface area (Å²) >= 11 is 0. The molecule has 1 aliphatic heterocycles. The second-order valence-electron chi connectivity index (χ2n) is 3.61. The lowest BCUT2D eigenvalue weighted by molar-refractivity contribution is 0.313. The number of hydrogen-bond acceptors (Lipinski definition) is 3. The van der Waals surface area contributed by atoms with Gasteiger partial charge < -0.3 is 5.21 Å². The fourth-order valence-corrected chi connectivity index (χ4v) is 1.76. The van der Waals surface area contributed by atoms with Crippen molar-refractivity contribution >= 4 is 18.1 Å². The first-order valence-corrected chi connectivity index (χ1v) is 4.84. The Hall–Kier alpha value is -1.06. The number of benzene rings is 1. The fourth-order valence-electron chi connectivity index (χ4n) is 1.76. The van der Waals surface area contributed by atoms with Crippen LogP contribution in [0.5, 0.6) is 0 Å². The van der Waals surface area contributed by atoms with Crippen LogP contribution in [0.3, 0.4) is 0 Å². The van der Waals surface area contributed by atoms with Gasteiger partial charge in [-0.2, -0.15) is 0 Å². The lowest BCUT2D eigenvalue weighted by Crippen LogP contribution is -2.19. The van der Waals surface area contributed by atoms with E-state index in [1.54, 1.807) is 0 Å². The van der Waals surface area contributed by atoms with E-state index in [1.807, 2.05) is 18.2 Å². The number of nitrogens with zero attached hydrogens (tertiary/aromatic N) is 2. The van der Waals surface area contributed by atoms with E-state index < -0.39 is 0 Å². The Morgan fingerprint density at radius 2 is 2.00 bits per heavy atom. The summed E-state index contributed by atoms with van der Waals surface area (Å²) in [6.45, 7) is 2.74. The van der Waals surface area contributed by atoms with Crippen LogP contribution in [-0.2, 0) is 6.54 Å². The molecule has 0 atom stereocenters. The highest BCUT2D eigenvalue weighted by atomic mass is 35.5. The van der Waals surface area contributed by atoms with Crippen LogP contribution >= 0.6 is 12.4 Å². The molecule has 0 unspecified atom stereocenters. The SMILES string of the molecule is Cl.O/N=C1\CCN(Cc2ccccc2)C1. The second kappa shape index (κ2) is 5.73. The van der Waals surface area contributed by atoms with Crippen molar-refractivity contribution in [2.24, 2.45) is 5.16 Å².